The van der Waals surface area contributed by atoms with Crippen molar-refractivity contribution >= 4 is 23.3 Å². The van der Waals surface area contributed by atoms with Crippen molar-refractivity contribution in [1.29, 1.82) is 0 Å². The molecule has 1 aromatic heterocycles. The van der Waals surface area contributed by atoms with Crippen LogP contribution in [0.5, 0.6) is 0 Å². The molecule has 15 heavy (non-hydrogen) atoms. The Bertz CT molecular complexity index is 299. The summed E-state index contributed by atoms with van der Waals surface area (Å²) in [6, 6.07) is 0. The summed E-state index contributed by atoms with van der Waals surface area (Å²) >= 11 is 1.25. The van der Waals surface area contributed by atoms with Crippen LogP contribution in [-0.4, -0.2) is 26.2 Å². The van der Waals surface area contributed by atoms with Gasteiger partial charge in [-0.25, -0.2) is 9.59 Å². The second-order valence-corrected chi connectivity index (χ2v) is 2.93. The van der Waals surface area contributed by atoms with E-state index in [4.69, 9.17) is 0 Å². The average molecular weight is 230 g/mol. The predicted molar refractivity (Wildman–Crippen MR) is 58.3 cm³/mol. The number of hydrogen-bond acceptors (Lipinski definition) is 5. The molecule has 0 saturated carbocycles. The van der Waals surface area contributed by atoms with E-state index < -0.39 is 11.9 Å². The molecule has 0 spiro atoms. The lowest BCUT2D eigenvalue weighted by molar-refractivity contribution is 0.0556. The van der Waals surface area contributed by atoms with Gasteiger partial charge in [-0.1, -0.05) is 13.8 Å². The van der Waals surface area contributed by atoms with Gasteiger partial charge in [0.2, 0.25) is 0 Å². The van der Waals surface area contributed by atoms with Gasteiger partial charge in [0, 0.05) is 10.8 Å². The first kappa shape index (κ1) is 13.6. The minimum absolute atomic E-state index is 0.249. The molecule has 84 valence electrons. The van der Waals surface area contributed by atoms with Gasteiger partial charge in [0.05, 0.1) is 25.3 Å². The Morgan fingerprint density at radius 3 is 1.60 bits per heavy atom. The van der Waals surface area contributed by atoms with Crippen LogP contribution in [0.25, 0.3) is 0 Å². The molecule has 0 aliphatic carbocycles. The number of carbonyl (C=O) groups is 2. The highest BCUT2D eigenvalue weighted by molar-refractivity contribution is 7.08. The van der Waals surface area contributed by atoms with Gasteiger partial charge in [-0.2, -0.15) is 11.3 Å². The van der Waals surface area contributed by atoms with Crippen molar-refractivity contribution in [1.82, 2.24) is 0 Å². The zero-order valence-corrected chi connectivity index (χ0v) is 10.0. The summed E-state index contributed by atoms with van der Waals surface area (Å²) in [5, 5.41) is 3.11. The highest BCUT2D eigenvalue weighted by atomic mass is 32.1. The normalized spacial score (nSPS) is 8.53. The van der Waals surface area contributed by atoms with E-state index in [1.54, 1.807) is 10.8 Å². The third-order valence-electron chi connectivity index (χ3n) is 1.47. The minimum atomic E-state index is -0.526. The molecule has 1 heterocycles. The summed E-state index contributed by atoms with van der Waals surface area (Å²) in [5.41, 5.74) is 0.499. The Balaban J connectivity index is 0.000000921. The Hall–Kier alpha value is -1.36. The van der Waals surface area contributed by atoms with E-state index in [-0.39, 0.29) is 11.1 Å². The summed E-state index contributed by atoms with van der Waals surface area (Å²) in [7, 11) is 2.53. The zero-order valence-electron chi connectivity index (χ0n) is 9.20. The summed E-state index contributed by atoms with van der Waals surface area (Å²) < 4.78 is 8.98. The number of esters is 2. The lowest BCUT2D eigenvalue weighted by Gasteiger charge is -1.99. The first-order valence-corrected chi connectivity index (χ1v) is 5.37. The number of rotatable bonds is 2. The highest BCUT2D eigenvalue weighted by Crippen LogP contribution is 2.16. The van der Waals surface area contributed by atoms with Crippen molar-refractivity contribution in [3.05, 3.63) is 21.9 Å². The minimum Gasteiger partial charge on any atom is -0.465 e. The Kier molecular flexibility index (Phi) is 6.37. The SMILES string of the molecule is CC.COC(=O)c1cscc1C(=O)OC. The number of hydrogen-bond donors (Lipinski definition) is 0. The van der Waals surface area contributed by atoms with Gasteiger partial charge in [-0.3, -0.25) is 0 Å². The number of ether oxygens (including phenoxy) is 2. The van der Waals surface area contributed by atoms with E-state index in [1.807, 2.05) is 13.8 Å². The fourth-order valence-corrected chi connectivity index (χ4v) is 1.62. The van der Waals surface area contributed by atoms with Crippen molar-refractivity contribution in [3.63, 3.8) is 0 Å². The molecule has 0 radical (unpaired) electrons. The van der Waals surface area contributed by atoms with Crippen LogP contribution in [0.4, 0.5) is 0 Å². The first-order valence-electron chi connectivity index (χ1n) is 4.43. The van der Waals surface area contributed by atoms with Crippen molar-refractivity contribution in [2.75, 3.05) is 14.2 Å². The summed E-state index contributed by atoms with van der Waals surface area (Å²) in [6.07, 6.45) is 0. The molecule has 1 aromatic rings. The van der Waals surface area contributed by atoms with E-state index in [0.29, 0.717) is 0 Å². The highest BCUT2D eigenvalue weighted by Gasteiger charge is 2.18. The maximum atomic E-state index is 11.1. The quantitative estimate of drug-likeness (QED) is 0.732. The maximum Gasteiger partial charge on any atom is 0.339 e. The van der Waals surface area contributed by atoms with E-state index in [1.165, 1.54) is 25.6 Å². The molecule has 0 unspecified atom stereocenters. The molecule has 0 amide bonds. The van der Waals surface area contributed by atoms with Gasteiger partial charge in [-0.05, 0) is 0 Å². The molecule has 0 fully saturated rings. The molecule has 0 atom stereocenters. The average Bonchev–Trinajstić information content (AvgIpc) is 2.78. The third-order valence-corrected chi connectivity index (χ3v) is 2.22. The lowest BCUT2D eigenvalue weighted by Crippen LogP contribution is -2.08. The molecule has 0 N–H and O–H groups in total. The topological polar surface area (TPSA) is 52.6 Å². The molecule has 0 bridgehead atoms. The summed E-state index contributed by atoms with van der Waals surface area (Å²) in [5.74, 6) is -1.05. The van der Waals surface area contributed by atoms with Crippen molar-refractivity contribution in [2.45, 2.75) is 13.8 Å². The summed E-state index contributed by atoms with van der Waals surface area (Å²) in [6.45, 7) is 4.00. The molecule has 5 heteroatoms. The number of thiophene rings is 1. The van der Waals surface area contributed by atoms with Gasteiger partial charge in [0.1, 0.15) is 0 Å². The van der Waals surface area contributed by atoms with Crippen LogP contribution in [-0.2, 0) is 9.47 Å². The van der Waals surface area contributed by atoms with E-state index in [0.717, 1.165) is 0 Å². The van der Waals surface area contributed by atoms with Crippen LogP contribution < -0.4 is 0 Å². The number of carbonyl (C=O) groups excluding carboxylic acids is 2. The van der Waals surface area contributed by atoms with Crippen LogP contribution in [0.1, 0.15) is 34.6 Å². The smallest absolute Gasteiger partial charge is 0.339 e. The second kappa shape index (κ2) is 7.00. The largest absolute Gasteiger partial charge is 0.465 e. The molecular formula is C10H14O4S. The molecule has 0 aliphatic rings. The first-order chi connectivity index (χ1) is 7.20. The number of methoxy groups -OCH3 is 2. The van der Waals surface area contributed by atoms with Gasteiger partial charge >= 0.3 is 11.9 Å². The fourth-order valence-electron chi connectivity index (χ4n) is 0.833. The molecule has 4 nitrogen and oxygen atoms in total. The zero-order chi connectivity index (χ0) is 11.8. The van der Waals surface area contributed by atoms with E-state index in [9.17, 15) is 9.59 Å². The van der Waals surface area contributed by atoms with Gasteiger partial charge in [0.25, 0.3) is 0 Å². The van der Waals surface area contributed by atoms with Crippen LogP contribution in [0.2, 0.25) is 0 Å². The van der Waals surface area contributed by atoms with Crippen molar-refractivity contribution in [3.8, 4) is 0 Å². The Morgan fingerprint density at radius 1 is 1.00 bits per heavy atom. The van der Waals surface area contributed by atoms with Gasteiger partial charge < -0.3 is 9.47 Å². The Labute approximate surface area is 92.8 Å². The van der Waals surface area contributed by atoms with Gasteiger partial charge in [0.15, 0.2) is 0 Å². The molecule has 0 aromatic carbocycles. The van der Waals surface area contributed by atoms with Crippen LogP contribution in [0, 0.1) is 0 Å². The van der Waals surface area contributed by atoms with Crippen LogP contribution in [0.3, 0.4) is 0 Å². The van der Waals surface area contributed by atoms with Crippen LogP contribution >= 0.6 is 11.3 Å². The van der Waals surface area contributed by atoms with Crippen molar-refractivity contribution < 1.29 is 19.1 Å². The third kappa shape index (κ3) is 3.36. The molecule has 0 aliphatic heterocycles. The Morgan fingerprint density at radius 2 is 1.33 bits per heavy atom. The van der Waals surface area contributed by atoms with E-state index >= 15 is 0 Å². The monoisotopic (exact) mass is 230 g/mol. The molecular weight excluding hydrogens is 216 g/mol. The summed E-state index contributed by atoms with van der Waals surface area (Å²) in [4.78, 5) is 22.2. The lowest BCUT2D eigenvalue weighted by atomic mass is 10.2. The molecule has 0 saturated heterocycles. The van der Waals surface area contributed by atoms with Crippen LogP contribution in [0.15, 0.2) is 10.8 Å². The second-order valence-electron chi connectivity index (χ2n) is 2.18. The fraction of sp³-hybridized carbons (Fsp3) is 0.400. The van der Waals surface area contributed by atoms with E-state index in [2.05, 4.69) is 9.47 Å². The predicted octanol–water partition coefficient (Wildman–Crippen LogP) is 2.35. The maximum absolute atomic E-state index is 11.1. The molecule has 1 rings (SSSR count). The van der Waals surface area contributed by atoms with Crippen molar-refractivity contribution in [2.24, 2.45) is 0 Å². The van der Waals surface area contributed by atoms with Gasteiger partial charge in [-0.15, -0.1) is 0 Å². The standard InChI is InChI=1S/C8H8O4S.C2H6/c1-11-7(9)5-3-13-4-6(5)8(10)12-2;1-2/h3-4H,1-2H3;1-2H3.